The molecule has 0 spiro atoms. The zero-order chi connectivity index (χ0) is 14.8. The molecule has 0 aromatic heterocycles. The van der Waals surface area contributed by atoms with Crippen molar-refractivity contribution in [2.75, 3.05) is 26.2 Å². The molecule has 120 valence electrons. The van der Waals surface area contributed by atoms with E-state index in [0.29, 0.717) is 37.3 Å². The van der Waals surface area contributed by atoms with Crippen molar-refractivity contribution in [1.29, 1.82) is 0 Å². The second kappa shape index (κ2) is 7.42. The Labute approximate surface area is 127 Å². The number of hydrogen-bond donors (Lipinski definition) is 1. The van der Waals surface area contributed by atoms with Gasteiger partial charge in [0.05, 0.1) is 6.42 Å². The molecule has 0 amide bonds. The van der Waals surface area contributed by atoms with Crippen molar-refractivity contribution >= 4 is 12.4 Å². The van der Waals surface area contributed by atoms with Crippen molar-refractivity contribution in [3.05, 3.63) is 35.1 Å². The number of halogens is 5. The summed E-state index contributed by atoms with van der Waals surface area (Å²) in [5.41, 5.74) is 1.13. The van der Waals surface area contributed by atoms with E-state index in [4.69, 9.17) is 0 Å². The smallest absolute Gasteiger partial charge is 0.314 e. The van der Waals surface area contributed by atoms with Gasteiger partial charge in [-0.05, 0) is 30.2 Å². The fourth-order valence-corrected chi connectivity index (χ4v) is 2.62. The fourth-order valence-electron chi connectivity index (χ4n) is 2.62. The molecule has 1 aromatic carbocycles. The van der Waals surface area contributed by atoms with Crippen LogP contribution in [0.15, 0.2) is 18.2 Å². The van der Waals surface area contributed by atoms with E-state index in [1.165, 1.54) is 18.2 Å². The molecule has 1 aliphatic heterocycles. The number of benzene rings is 1. The number of piperazine rings is 1. The normalized spacial score (nSPS) is 18.1. The Morgan fingerprint density at radius 3 is 2.43 bits per heavy atom. The molecule has 1 saturated heterocycles. The molecule has 0 bridgehead atoms. The van der Waals surface area contributed by atoms with Crippen molar-refractivity contribution in [2.45, 2.75) is 25.6 Å². The van der Waals surface area contributed by atoms with Gasteiger partial charge >= 0.3 is 6.18 Å². The van der Waals surface area contributed by atoms with Crippen molar-refractivity contribution < 1.29 is 17.6 Å². The lowest BCUT2D eigenvalue weighted by molar-refractivity contribution is -0.148. The summed E-state index contributed by atoms with van der Waals surface area (Å²) in [6, 6.07) is 3.23. The summed E-state index contributed by atoms with van der Waals surface area (Å²) >= 11 is 0. The molecular formula is C14H19ClF4N2. The highest BCUT2D eigenvalue weighted by Gasteiger charge is 2.36. The lowest BCUT2D eigenvalue weighted by Crippen LogP contribution is -2.46. The molecular weight excluding hydrogens is 308 g/mol. The van der Waals surface area contributed by atoms with Crippen LogP contribution < -0.4 is 5.32 Å². The van der Waals surface area contributed by atoms with Gasteiger partial charge in [0, 0.05) is 32.2 Å². The standard InChI is InChI=1S/C14H18F4N2.ClH/c1-10-2-3-11(15)8-12(10)13(9-14(16,17)18)20-6-4-19-5-7-20;/h2-3,8,13,19H,4-7,9H2,1H3;1H/t13-;/m0./s1. The summed E-state index contributed by atoms with van der Waals surface area (Å²) in [5, 5.41) is 3.11. The average Bonchev–Trinajstić information content (AvgIpc) is 2.39. The molecule has 0 radical (unpaired) electrons. The average molecular weight is 327 g/mol. The Hall–Kier alpha value is -0.850. The van der Waals surface area contributed by atoms with Crippen LogP contribution in [0.4, 0.5) is 17.6 Å². The minimum atomic E-state index is -4.27. The molecule has 0 unspecified atom stereocenters. The van der Waals surface area contributed by atoms with Crippen molar-refractivity contribution in [1.82, 2.24) is 10.2 Å². The summed E-state index contributed by atoms with van der Waals surface area (Å²) in [6.45, 7) is 4.11. The number of alkyl halides is 3. The van der Waals surface area contributed by atoms with Crippen LogP contribution in [0.2, 0.25) is 0 Å². The van der Waals surface area contributed by atoms with Crippen LogP contribution in [0.3, 0.4) is 0 Å². The topological polar surface area (TPSA) is 15.3 Å². The third-order valence-corrected chi connectivity index (χ3v) is 3.62. The number of aryl methyl sites for hydroxylation is 1. The zero-order valence-electron chi connectivity index (χ0n) is 11.7. The number of nitrogens with zero attached hydrogens (tertiary/aromatic N) is 1. The predicted octanol–water partition coefficient (Wildman–Crippen LogP) is 3.45. The van der Waals surface area contributed by atoms with Gasteiger partial charge < -0.3 is 5.32 Å². The summed E-state index contributed by atoms with van der Waals surface area (Å²) in [6.07, 6.45) is -5.22. The van der Waals surface area contributed by atoms with E-state index in [1.807, 2.05) is 0 Å². The molecule has 1 aliphatic rings. The lowest BCUT2D eigenvalue weighted by Gasteiger charge is -2.36. The molecule has 0 saturated carbocycles. The SMILES string of the molecule is Cc1ccc(F)cc1[C@H](CC(F)(F)F)N1CCNCC1.Cl. The van der Waals surface area contributed by atoms with Gasteiger partial charge in [0.1, 0.15) is 5.82 Å². The lowest BCUT2D eigenvalue weighted by atomic mass is 9.96. The van der Waals surface area contributed by atoms with Gasteiger partial charge in [-0.3, -0.25) is 4.90 Å². The molecule has 21 heavy (non-hydrogen) atoms. The van der Waals surface area contributed by atoms with E-state index >= 15 is 0 Å². The van der Waals surface area contributed by atoms with E-state index in [9.17, 15) is 17.6 Å². The molecule has 7 heteroatoms. The number of rotatable bonds is 3. The molecule has 1 atom stereocenters. The Balaban J connectivity index is 0.00000220. The van der Waals surface area contributed by atoms with Crippen LogP contribution in [-0.4, -0.2) is 37.3 Å². The summed E-state index contributed by atoms with van der Waals surface area (Å²) < 4.78 is 51.9. The highest BCUT2D eigenvalue weighted by molar-refractivity contribution is 5.85. The number of hydrogen-bond acceptors (Lipinski definition) is 2. The van der Waals surface area contributed by atoms with Crippen molar-refractivity contribution in [3.8, 4) is 0 Å². The van der Waals surface area contributed by atoms with Gasteiger partial charge in [-0.1, -0.05) is 6.07 Å². The first-order valence-corrected chi connectivity index (χ1v) is 6.64. The first-order valence-electron chi connectivity index (χ1n) is 6.64. The van der Waals surface area contributed by atoms with Crippen LogP contribution in [-0.2, 0) is 0 Å². The third kappa shape index (κ3) is 5.13. The van der Waals surface area contributed by atoms with E-state index in [-0.39, 0.29) is 12.4 Å². The van der Waals surface area contributed by atoms with Gasteiger partial charge in [0.2, 0.25) is 0 Å². The Bertz CT molecular complexity index is 459. The first kappa shape index (κ1) is 18.2. The zero-order valence-corrected chi connectivity index (χ0v) is 12.5. The summed E-state index contributed by atoms with van der Waals surface area (Å²) in [5.74, 6) is -0.493. The van der Waals surface area contributed by atoms with E-state index in [2.05, 4.69) is 5.32 Å². The second-order valence-corrected chi connectivity index (χ2v) is 5.12. The van der Waals surface area contributed by atoms with Crippen LogP contribution in [0.25, 0.3) is 0 Å². The van der Waals surface area contributed by atoms with Gasteiger partial charge in [0.25, 0.3) is 0 Å². The molecule has 2 nitrogen and oxygen atoms in total. The Morgan fingerprint density at radius 1 is 1.24 bits per heavy atom. The molecule has 1 fully saturated rings. The van der Waals surface area contributed by atoms with Crippen molar-refractivity contribution in [2.24, 2.45) is 0 Å². The van der Waals surface area contributed by atoms with Crippen LogP contribution in [0, 0.1) is 12.7 Å². The monoisotopic (exact) mass is 326 g/mol. The van der Waals surface area contributed by atoms with Crippen LogP contribution in [0.1, 0.15) is 23.6 Å². The summed E-state index contributed by atoms with van der Waals surface area (Å²) in [7, 11) is 0. The van der Waals surface area contributed by atoms with E-state index < -0.39 is 24.5 Å². The fraction of sp³-hybridized carbons (Fsp3) is 0.571. The minimum absolute atomic E-state index is 0. The highest BCUT2D eigenvalue weighted by atomic mass is 35.5. The van der Waals surface area contributed by atoms with Gasteiger partial charge in [-0.2, -0.15) is 13.2 Å². The predicted molar refractivity (Wildman–Crippen MR) is 76.2 cm³/mol. The maximum atomic E-state index is 13.4. The molecule has 1 heterocycles. The quantitative estimate of drug-likeness (QED) is 0.856. The molecule has 1 aromatic rings. The maximum Gasteiger partial charge on any atom is 0.390 e. The van der Waals surface area contributed by atoms with Crippen LogP contribution in [0.5, 0.6) is 0 Å². The largest absolute Gasteiger partial charge is 0.390 e. The van der Waals surface area contributed by atoms with Crippen molar-refractivity contribution in [3.63, 3.8) is 0 Å². The first-order chi connectivity index (χ1) is 9.37. The Kier molecular flexibility index (Phi) is 6.43. The number of nitrogens with one attached hydrogen (secondary N) is 1. The van der Waals surface area contributed by atoms with E-state index in [0.717, 1.165) is 0 Å². The highest BCUT2D eigenvalue weighted by Crippen LogP contribution is 2.35. The Morgan fingerprint density at radius 2 is 1.86 bits per heavy atom. The van der Waals surface area contributed by atoms with Gasteiger partial charge in [-0.25, -0.2) is 4.39 Å². The van der Waals surface area contributed by atoms with Gasteiger partial charge in [0.15, 0.2) is 0 Å². The third-order valence-electron chi connectivity index (χ3n) is 3.62. The van der Waals surface area contributed by atoms with Crippen LogP contribution >= 0.6 is 12.4 Å². The van der Waals surface area contributed by atoms with E-state index in [1.54, 1.807) is 11.8 Å². The maximum absolute atomic E-state index is 13.4. The minimum Gasteiger partial charge on any atom is -0.314 e. The molecule has 0 aliphatic carbocycles. The van der Waals surface area contributed by atoms with Gasteiger partial charge in [-0.15, -0.1) is 12.4 Å². The molecule has 2 rings (SSSR count). The molecule has 1 N–H and O–H groups in total. The second-order valence-electron chi connectivity index (χ2n) is 5.12. The summed E-state index contributed by atoms with van der Waals surface area (Å²) in [4.78, 5) is 1.78.